The monoisotopic (exact) mass is 126 g/mol. The third kappa shape index (κ3) is 1.81. The van der Waals surface area contributed by atoms with Crippen molar-refractivity contribution in [1.82, 2.24) is 0 Å². The second kappa shape index (κ2) is 3.00. The van der Waals surface area contributed by atoms with E-state index in [0.717, 1.165) is 25.0 Å². The third-order valence-electron chi connectivity index (χ3n) is 2.25. The predicted octanol–water partition coefficient (Wildman–Crippen LogP) is 2.01. The standard InChI is InChI=1S/C8H14O/c1-7-2-4-8(6-9)5-3-7/h6-8H,2-5H2,1H3/t7-,8+. The van der Waals surface area contributed by atoms with Crippen molar-refractivity contribution in [2.75, 3.05) is 0 Å². The van der Waals surface area contributed by atoms with E-state index in [1.165, 1.54) is 12.8 Å². The van der Waals surface area contributed by atoms with Crippen LogP contribution in [-0.4, -0.2) is 6.29 Å². The van der Waals surface area contributed by atoms with Crippen molar-refractivity contribution in [3.05, 3.63) is 0 Å². The van der Waals surface area contributed by atoms with E-state index in [-0.39, 0.29) is 0 Å². The Balaban J connectivity index is 2.26. The van der Waals surface area contributed by atoms with Crippen molar-refractivity contribution in [2.45, 2.75) is 32.6 Å². The summed E-state index contributed by atoms with van der Waals surface area (Å²) >= 11 is 0. The van der Waals surface area contributed by atoms with Gasteiger partial charge in [-0.25, -0.2) is 0 Å². The fraction of sp³-hybridized carbons (Fsp3) is 0.875. The SMILES string of the molecule is C[C@H]1CC[C@@H](C=O)CC1. The maximum atomic E-state index is 10.3. The molecule has 0 atom stereocenters. The summed E-state index contributed by atoms with van der Waals surface area (Å²) in [6.45, 7) is 2.26. The van der Waals surface area contributed by atoms with Gasteiger partial charge in [0.15, 0.2) is 0 Å². The molecule has 1 rings (SSSR count). The van der Waals surface area contributed by atoms with Crippen LogP contribution in [0.1, 0.15) is 32.6 Å². The summed E-state index contributed by atoms with van der Waals surface area (Å²) in [4.78, 5) is 10.3. The minimum Gasteiger partial charge on any atom is -0.303 e. The first-order valence-corrected chi connectivity index (χ1v) is 3.78. The lowest BCUT2D eigenvalue weighted by molar-refractivity contribution is -0.112. The highest BCUT2D eigenvalue weighted by Crippen LogP contribution is 2.26. The Hall–Kier alpha value is -0.330. The van der Waals surface area contributed by atoms with Gasteiger partial charge in [0.1, 0.15) is 6.29 Å². The van der Waals surface area contributed by atoms with Gasteiger partial charge in [-0.05, 0) is 18.8 Å². The van der Waals surface area contributed by atoms with Gasteiger partial charge in [-0.15, -0.1) is 0 Å². The van der Waals surface area contributed by atoms with Gasteiger partial charge >= 0.3 is 0 Å². The molecule has 0 aromatic heterocycles. The summed E-state index contributed by atoms with van der Waals surface area (Å²) in [5.41, 5.74) is 0. The Labute approximate surface area is 56.4 Å². The summed E-state index contributed by atoms with van der Waals surface area (Å²) in [5, 5.41) is 0. The van der Waals surface area contributed by atoms with E-state index in [0.29, 0.717) is 5.92 Å². The maximum absolute atomic E-state index is 10.3. The number of rotatable bonds is 1. The van der Waals surface area contributed by atoms with Crippen molar-refractivity contribution in [3.63, 3.8) is 0 Å². The van der Waals surface area contributed by atoms with Gasteiger partial charge in [0, 0.05) is 5.92 Å². The minimum absolute atomic E-state index is 0.390. The molecule has 0 N–H and O–H groups in total. The molecule has 1 aliphatic carbocycles. The van der Waals surface area contributed by atoms with Crippen LogP contribution >= 0.6 is 0 Å². The van der Waals surface area contributed by atoms with E-state index in [2.05, 4.69) is 6.92 Å². The molecule has 1 fully saturated rings. The third-order valence-corrected chi connectivity index (χ3v) is 2.25. The molecule has 0 spiro atoms. The van der Waals surface area contributed by atoms with E-state index in [1.54, 1.807) is 0 Å². The molecule has 1 saturated carbocycles. The first-order chi connectivity index (χ1) is 4.33. The minimum atomic E-state index is 0.390. The van der Waals surface area contributed by atoms with Crippen LogP contribution in [0.25, 0.3) is 0 Å². The van der Waals surface area contributed by atoms with E-state index in [1.807, 2.05) is 0 Å². The zero-order valence-electron chi connectivity index (χ0n) is 5.97. The zero-order chi connectivity index (χ0) is 6.69. The van der Waals surface area contributed by atoms with Crippen molar-refractivity contribution in [2.24, 2.45) is 11.8 Å². The van der Waals surface area contributed by atoms with Crippen LogP contribution in [0.4, 0.5) is 0 Å². The van der Waals surface area contributed by atoms with E-state index in [9.17, 15) is 4.79 Å². The molecule has 0 aromatic rings. The van der Waals surface area contributed by atoms with Crippen LogP contribution < -0.4 is 0 Å². The van der Waals surface area contributed by atoms with E-state index < -0.39 is 0 Å². The van der Waals surface area contributed by atoms with Crippen molar-refractivity contribution < 1.29 is 4.79 Å². The lowest BCUT2D eigenvalue weighted by Crippen LogP contribution is -2.12. The highest BCUT2D eigenvalue weighted by molar-refractivity contribution is 5.53. The van der Waals surface area contributed by atoms with Crippen molar-refractivity contribution >= 4 is 6.29 Å². The van der Waals surface area contributed by atoms with Crippen LogP contribution in [0.5, 0.6) is 0 Å². The molecule has 0 aromatic carbocycles. The first kappa shape index (κ1) is 6.79. The average Bonchev–Trinajstić information content (AvgIpc) is 1.90. The van der Waals surface area contributed by atoms with Gasteiger partial charge in [-0.3, -0.25) is 0 Å². The molecule has 1 nitrogen and oxygen atoms in total. The number of aldehydes is 1. The number of hydrogen-bond donors (Lipinski definition) is 0. The fourth-order valence-electron chi connectivity index (χ4n) is 1.42. The van der Waals surface area contributed by atoms with E-state index >= 15 is 0 Å². The van der Waals surface area contributed by atoms with Crippen LogP contribution in [-0.2, 0) is 4.79 Å². The predicted molar refractivity (Wildman–Crippen MR) is 37.2 cm³/mol. The normalized spacial score (nSPS) is 36.1. The van der Waals surface area contributed by atoms with Crippen LogP contribution in [0.2, 0.25) is 0 Å². The summed E-state index contributed by atoms with van der Waals surface area (Å²) < 4.78 is 0. The molecule has 52 valence electrons. The highest BCUT2D eigenvalue weighted by atomic mass is 16.1. The van der Waals surface area contributed by atoms with Gasteiger partial charge < -0.3 is 4.79 Å². The molecule has 1 heteroatoms. The molecule has 0 saturated heterocycles. The quantitative estimate of drug-likeness (QED) is 0.491. The largest absolute Gasteiger partial charge is 0.303 e. The Morgan fingerprint density at radius 1 is 1.22 bits per heavy atom. The number of carbonyl (C=O) groups excluding carboxylic acids is 1. The topological polar surface area (TPSA) is 17.1 Å². The molecule has 1 aliphatic rings. The molecule has 9 heavy (non-hydrogen) atoms. The molecular weight excluding hydrogens is 112 g/mol. The van der Waals surface area contributed by atoms with Gasteiger partial charge in [0.2, 0.25) is 0 Å². The second-order valence-electron chi connectivity index (χ2n) is 3.16. The first-order valence-electron chi connectivity index (χ1n) is 3.78. The lowest BCUT2D eigenvalue weighted by atomic mass is 9.84. The molecule has 0 bridgehead atoms. The van der Waals surface area contributed by atoms with Gasteiger partial charge in [0.25, 0.3) is 0 Å². The van der Waals surface area contributed by atoms with Gasteiger partial charge in [0.05, 0.1) is 0 Å². The number of carbonyl (C=O) groups is 1. The summed E-state index contributed by atoms with van der Waals surface area (Å²) in [6, 6.07) is 0. The summed E-state index contributed by atoms with van der Waals surface area (Å²) in [5.74, 6) is 1.25. The van der Waals surface area contributed by atoms with Gasteiger partial charge in [-0.2, -0.15) is 0 Å². The van der Waals surface area contributed by atoms with Gasteiger partial charge in [-0.1, -0.05) is 19.8 Å². The van der Waals surface area contributed by atoms with E-state index in [4.69, 9.17) is 0 Å². The Morgan fingerprint density at radius 2 is 1.78 bits per heavy atom. The van der Waals surface area contributed by atoms with Crippen LogP contribution in [0.15, 0.2) is 0 Å². The molecule has 0 unspecified atom stereocenters. The molecule has 0 aliphatic heterocycles. The Kier molecular flexibility index (Phi) is 2.26. The zero-order valence-corrected chi connectivity index (χ0v) is 5.97. The highest BCUT2D eigenvalue weighted by Gasteiger charge is 2.16. The molecule has 0 radical (unpaired) electrons. The number of hydrogen-bond acceptors (Lipinski definition) is 1. The fourth-order valence-corrected chi connectivity index (χ4v) is 1.42. The van der Waals surface area contributed by atoms with Crippen molar-refractivity contribution in [3.8, 4) is 0 Å². The smallest absolute Gasteiger partial charge is 0.123 e. The average molecular weight is 126 g/mol. The second-order valence-corrected chi connectivity index (χ2v) is 3.16. The summed E-state index contributed by atoms with van der Waals surface area (Å²) in [7, 11) is 0. The lowest BCUT2D eigenvalue weighted by Gasteiger charge is -2.21. The molecule has 0 amide bonds. The molecule has 0 heterocycles. The van der Waals surface area contributed by atoms with Crippen LogP contribution in [0, 0.1) is 11.8 Å². The summed E-state index contributed by atoms with van der Waals surface area (Å²) in [6.07, 6.45) is 5.88. The molecular formula is C8H14O. The Bertz CT molecular complexity index is 90.7. The van der Waals surface area contributed by atoms with Crippen LogP contribution in [0.3, 0.4) is 0 Å². The van der Waals surface area contributed by atoms with Crippen molar-refractivity contribution in [1.29, 1.82) is 0 Å². The Morgan fingerprint density at radius 3 is 2.22 bits per heavy atom. The maximum Gasteiger partial charge on any atom is 0.123 e.